The summed E-state index contributed by atoms with van der Waals surface area (Å²) in [4.78, 5) is 23.1. The average Bonchev–Trinajstić information content (AvgIpc) is 2.83. The van der Waals surface area contributed by atoms with Crippen LogP contribution in [0.5, 0.6) is 5.75 Å². The Labute approximate surface area is 98.3 Å². The van der Waals surface area contributed by atoms with Crippen LogP contribution in [-0.4, -0.2) is 32.8 Å². The van der Waals surface area contributed by atoms with Gasteiger partial charge in [-0.2, -0.15) is 0 Å². The highest BCUT2D eigenvalue weighted by molar-refractivity contribution is 5.97. The van der Waals surface area contributed by atoms with Crippen LogP contribution in [0.15, 0.2) is 12.1 Å². The van der Waals surface area contributed by atoms with Crippen molar-refractivity contribution in [3.8, 4) is 5.75 Å². The first-order valence-corrected chi connectivity index (χ1v) is 5.13. The van der Waals surface area contributed by atoms with Gasteiger partial charge in [-0.25, -0.2) is 9.59 Å². The molecule has 0 N–H and O–H groups in total. The number of ether oxygens (including phenoxy) is 3. The van der Waals surface area contributed by atoms with E-state index in [1.54, 1.807) is 6.07 Å². The topological polar surface area (TPSA) is 61.8 Å². The molecule has 0 radical (unpaired) electrons. The van der Waals surface area contributed by atoms with Crippen molar-refractivity contribution in [1.29, 1.82) is 0 Å². The number of rotatable bonds is 2. The molecule has 0 amide bonds. The van der Waals surface area contributed by atoms with Gasteiger partial charge in [-0.15, -0.1) is 0 Å². The minimum atomic E-state index is -0.506. The number of carbonyl (C=O) groups excluding carboxylic acids is 2. The Hall–Kier alpha value is -2.04. The molecule has 0 fully saturated rings. The van der Waals surface area contributed by atoms with Crippen LogP contribution in [0.25, 0.3) is 0 Å². The number of methoxy groups -OCH3 is 2. The van der Waals surface area contributed by atoms with Crippen LogP contribution in [0.1, 0.15) is 26.3 Å². The van der Waals surface area contributed by atoms with Gasteiger partial charge in [0.2, 0.25) is 0 Å². The van der Waals surface area contributed by atoms with E-state index >= 15 is 0 Å². The highest BCUT2D eigenvalue weighted by Gasteiger charge is 2.24. The van der Waals surface area contributed by atoms with Crippen LogP contribution in [0, 0.1) is 0 Å². The number of hydrogen-bond acceptors (Lipinski definition) is 5. The molecule has 1 heterocycles. The lowest BCUT2D eigenvalue weighted by Gasteiger charge is -2.08. The predicted molar refractivity (Wildman–Crippen MR) is 58.3 cm³/mol. The molecule has 0 atom stereocenters. The van der Waals surface area contributed by atoms with Crippen molar-refractivity contribution in [1.82, 2.24) is 0 Å². The van der Waals surface area contributed by atoms with Gasteiger partial charge in [0.05, 0.1) is 32.0 Å². The Morgan fingerprint density at radius 2 is 1.88 bits per heavy atom. The van der Waals surface area contributed by atoms with E-state index in [-0.39, 0.29) is 5.56 Å². The van der Waals surface area contributed by atoms with E-state index in [2.05, 4.69) is 9.47 Å². The molecule has 0 unspecified atom stereocenters. The van der Waals surface area contributed by atoms with Gasteiger partial charge in [0.15, 0.2) is 0 Å². The second-order valence-electron chi connectivity index (χ2n) is 3.58. The number of fused-ring (bicyclic) bond motifs is 1. The fraction of sp³-hybridized carbons (Fsp3) is 0.333. The van der Waals surface area contributed by atoms with E-state index < -0.39 is 11.9 Å². The fourth-order valence-electron chi connectivity index (χ4n) is 1.82. The molecule has 1 aliphatic heterocycles. The SMILES string of the molecule is COC(=O)c1cc2c(c(C(=O)OC)c1)CCO2. The molecule has 0 bridgehead atoms. The summed E-state index contributed by atoms with van der Waals surface area (Å²) >= 11 is 0. The van der Waals surface area contributed by atoms with E-state index in [0.717, 1.165) is 5.56 Å². The summed E-state index contributed by atoms with van der Waals surface area (Å²) < 4.78 is 14.7. The van der Waals surface area contributed by atoms with Crippen LogP contribution >= 0.6 is 0 Å². The Bertz CT molecular complexity index is 478. The Morgan fingerprint density at radius 1 is 1.18 bits per heavy atom. The number of hydrogen-bond donors (Lipinski definition) is 0. The van der Waals surface area contributed by atoms with Gasteiger partial charge in [0, 0.05) is 12.0 Å². The minimum absolute atomic E-state index is 0.286. The zero-order valence-corrected chi connectivity index (χ0v) is 9.61. The standard InChI is InChI=1S/C12H12O5/c1-15-11(13)7-5-9(12(14)16-2)8-3-4-17-10(8)6-7/h5-6H,3-4H2,1-2H3. The predicted octanol–water partition coefficient (Wildman–Crippen LogP) is 1.19. The lowest BCUT2D eigenvalue weighted by Crippen LogP contribution is -2.08. The third-order valence-corrected chi connectivity index (χ3v) is 2.65. The first kappa shape index (κ1) is 11.4. The Kier molecular flexibility index (Phi) is 2.99. The van der Waals surface area contributed by atoms with E-state index in [1.165, 1.54) is 20.3 Å². The molecule has 90 valence electrons. The molecular weight excluding hydrogens is 224 g/mol. The van der Waals surface area contributed by atoms with Gasteiger partial charge in [-0.3, -0.25) is 0 Å². The highest BCUT2D eigenvalue weighted by atomic mass is 16.5. The molecule has 1 aromatic rings. The van der Waals surface area contributed by atoms with E-state index in [0.29, 0.717) is 24.3 Å². The third-order valence-electron chi connectivity index (χ3n) is 2.65. The highest BCUT2D eigenvalue weighted by Crippen LogP contribution is 2.30. The second-order valence-corrected chi connectivity index (χ2v) is 3.58. The van der Waals surface area contributed by atoms with Crippen LogP contribution in [0.4, 0.5) is 0 Å². The molecule has 0 aliphatic carbocycles. The van der Waals surface area contributed by atoms with E-state index in [4.69, 9.17) is 4.74 Å². The van der Waals surface area contributed by atoms with Crippen molar-refractivity contribution in [2.24, 2.45) is 0 Å². The summed E-state index contributed by atoms with van der Waals surface area (Å²) in [5.41, 5.74) is 1.43. The summed E-state index contributed by atoms with van der Waals surface area (Å²) in [7, 11) is 2.59. The summed E-state index contributed by atoms with van der Waals surface area (Å²) in [6.45, 7) is 0.504. The molecular formula is C12H12O5. The quantitative estimate of drug-likeness (QED) is 0.722. The van der Waals surface area contributed by atoms with Crippen molar-refractivity contribution in [2.75, 3.05) is 20.8 Å². The molecule has 1 aliphatic rings. The maximum Gasteiger partial charge on any atom is 0.338 e. The van der Waals surface area contributed by atoms with E-state index in [9.17, 15) is 9.59 Å². The van der Waals surface area contributed by atoms with Crippen molar-refractivity contribution < 1.29 is 23.8 Å². The average molecular weight is 236 g/mol. The largest absolute Gasteiger partial charge is 0.493 e. The van der Waals surface area contributed by atoms with Crippen molar-refractivity contribution >= 4 is 11.9 Å². The maximum atomic E-state index is 11.6. The summed E-state index contributed by atoms with van der Waals surface area (Å²) in [6.07, 6.45) is 0.640. The maximum absolute atomic E-state index is 11.6. The van der Waals surface area contributed by atoms with E-state index in [1.807, 2.05) is 0 Å². The van der Waals surface area contributed by atoms with Crippen molar-refractivity contribution in [3.05, 3.63) is 28.8 Å². The Morgan fingerprint density at radius 3 is 2.53 bits per heavy atom. The number of esters is 2. The van der Waals surface area contributed by atoms with Gasteiger partial charge in [-0.05, 0) is 12.1 Å². The molecule has 0 spiro atoms. The molecule has 1 aromatic carbocycles. The lowest BCUT2D eigenvalue weighted by molar-refractivity contribution is 0.0598. The molecule has 0 saturated heterocycles. The minimum Gasteiger partial charge on any atom is -0.493 e. The van der Waals surface area contributed by atoms with Gasteiger partial charge in [0.1, 0.15) is 5.75 Å². The Balaban J connectivity index is 2.53. The summed E-state index contributed by atoms with van der Waals surface area (Å²) in [5.74, 6) is -0.431. The monoisotopic (exact) mass is 236 g/mol. The molecule has 0 aromatic heterocycles. The molecule has 0 saturated carbocycles. The molecule has 5 nitrogen and oxygen atoms in total. The number of carbonyl (C=O) groups is 2. The fourth-order valence-corrected chi connectivity index (χ4v) is 1.82. The summed E-state index contributed by atoms with van der Waals surface area (Å²) in [5, 5.41) is 0. The van der Waals surface area contributed by atoms with Gasteiger partial charge < -0.3 is 14.2 Å². The lowest BCUT2D eigenvalue weighted by atomic mass is 10.0. The zero-order chi connectivity index (χ0) is 12.4. The molecule has 17 heavy (non-hydrogen) atoms. The van der Waals surface area contributed by atoms with Crippen LogP contribution < -0.4 is 4.74 Å². The van der Waals surface area contributed by atoms with Crippen LogP contribution in [0.3, 0.4) is 0 Å². The van der Waals surface area contributed by atoms with Gasteiger partial charge >= 0.3 is 11.9 Å². The normalized spacial score (nSPS) is 12.6. The van der Waals surface area contributed by atoms with Crippen molar-refractivity contribution in [2.45, 2.75) is 6.42 Å². The second kappa shape index (κ2) is 4.45. The summed E-state index contributed by atoms with van der Waals surface area (Å²) in [6, 6.07) is 3.06. The van der Waals surface area contributed by atoms with Gasteiger partial charge in [-0.1, -0.05) is 0 Å². The molecule has 5 heteroatoms. The first-order valence-electron chi connectivity index (χ1n) is 5.13. The zero-order valence-electron chi connectivity index (χ0n) is 9.61. The van der Waals surface area contributed by atoms with Gasteiger partial charge in [0.25, 0.3) is 0 Å². The van der Waals surface area contributed by atoms with Crippen LogP contribution in [0.2, 0.25) is 0 Å². The smallest absolute Gasteiger partial charge is 0.338 e. The van der Waals surface area contributed by atoms with Crippen LogP contribution in [-0.2, 0) is 15.9 Å². The molecule has 2 rings (SSSR count). The van der Waals surface area contributed by atoms with Crippen molar-refractivity contribution in [3.63, 3.8) is 0 Å². The first-order chi connectivity index (χ1) is 8.17. The third kappa shape index (κ3) is 1.95. The number of benzene rings is 1.